The third-order valence-electron chi connectivity index (χ3n) is 5.01. The third-order valence-corrected chi connectivity index (χ3v) is 6.04. The van der Waals surface area contributed by atoms with Gasteiger partial charge in [-0.1, -0.05) is 60.2 Å². The number of amides is 2. The van der Waals surface area contributed by atoms with Crippen molar-refractivity contribution in [3.05, 3.63) is 71.3 Å². The van der Waals surface area contributed by atoms with E-state index in [2.05, 4.69) is 36.5 Å². The van der Waals surface area contributed by atoms with Crippen molar-refractivity contribution in [2.24, 2.45) is 0 Å². The predicted molar refractivity (Wildman–Crippen MR) is 115 cm³/mol. The molecule has 0 aliphatic carbocycles. The summed E-state index contributed by atoms with van der Waals surface area (Å²) in [5.74, 6) is 1.83. The standard InChI is InChI=1S/C23H28N2O2S/c1-18-9-11-20(12-10-18)17-28-15-13-24-23(27)21-8-5-14-25(21)22(26)16-19-6-3-2-4-7-19/h2-4,6-7,9-12,21H,5,8,13-17H2,1H3,(H,24,27). The minimum Gasteiger partial charge on any atom is -0.353 e. The van der Waals surface area contributed by atoms with E-state index in [1.165, 1.54) is 11.1 Å². The molecule has 0 saturated carbocycles. The van der Waals surface area contributed by atoms with Crippen LogP contribution in [0.15, 0.2) is 54.6 Å². The molecule has 1 heterocycles. The lowest BCUT2D eigenvalue weighted by molar-refractivity contribution is -0.137. The second-order valence-corrected chi connectivity index (χ2v) is 8.34. The molecule has 2 amide bonds. The number of hydrogen-bond donors (Lipinski definition) is 1. The van der Waals surface area contributed by atoms with Gasteiger partial charge >= 0.3 is 0 Å². The van der Waals surface area contributed by atoms with Gasteiger partial charge in [0.15, 0.2) is 0 Å². The van der Waals surface area contributed by atoms with Crippen molar-refractivity contribution in [2.75, 3.05) is 18.8 Å². The number of thioether (sulfide) groups is 1. The molecule has 0 bridgehead atoms. The number of carbonyl (C=O) groups excluding carboxylic acids is 2. The van der Waals surface area contributed by atoms with E-state index in [1.807, 2.05) is 42.1 Å². The lowest BCUT2D eigenvalue weighted by Crippen LogP contribution is -2.46. The molecule has 2 aromatic carbocycles. The highest BCUT2D eigenvalue weighted by Gasteiger charge is 2.33. The normalized spacial score (nSPS) is 16.2. The van der Waals surface area contributed by atoms with Crippen molar-refractivity contribution in [3.63, 3.8) is 0 Å². The summed E-state index contributed by atoms with van der Waals surface area (Å²) >= 11 is 1.81. The zero-order chi connectivity index (χ0) is 19.8. The summed E-state index contributed by atoms with van der Waals surface area (Å²) in [5.41, 5.74) is 3.56. The Kier molecular flexibility index (Phi) is 7.54. The Labute approximate surface area is 171 Å². The van der Waals surface area contributed by atoms with E-state index >= 15 is 0 Å². The Morgan fingerprint density at radius 1 is 1.07 bits per heavy atom. The van der Waals surface area contributed by atoms with E-state index in [0.717, 1.165) is 29.9 Å². The Balaban J connectivity index is 1.40. The number of nitrogens with zero attached hydrogens (tertiary/aromatic N) is 1. The van der Waals surface area contributed by atoms with Crippen molar-refractivity contribution in [1.82, 2.24) is 10.2 Å². The summed E-state index contributed by atoms with van der Waals surface area (Å²) in [6, 6.07) is 17.9. The molecule has 0 aromatic heterocycles. The first-order chi connectivity index (χ1) is 13.6. The minimum atomic E-state index is -0.321. The van der Waals surface area contributed by atoms with Crippen molar-refractivity contribution in [3.8, 4) is 0 Å². The Hall–Kier alpha value is -2.27. The predicted octanol–water partition coefficient (Wildman–Crippen LogP) is 3.58. The van der Waals surface area contributed by atoms with E-state index in [4.69, 9.17) is 0 Å². The van der Waals surface area contributed by atoms with Gasteiger partial charge in [0.25, 0.3) is 0 Å². The third kappa shape index (κ3) is 5.86. The highest BCUT2D eigenvalue weighted by Crippen LogP contribution is 2.19. The molecule has 28 heavy (non-hydrogen) atoms. The van der Waals surface area contributed by atoms with Crippen LogP contribution in [0.25, 0.3) is 0 Å². The minimum absolute atomic E-state index is 0.0187. The number of aryl methyl sites for hydroxylation is 1. The van der Waals surface area contributed by atoms with Crippen LogP contribution in [-0.2, 0) is 21.8 Å². The fourth-order valence-corrected chi connectivity index (χ4v) is 4.27. The smallest absolute Gasteiger partial charge is 0.242 e. The summed E-state index contributed by atoms with van der Waals surface area (Å²) in [4.78, 5) is 26.9. The van der Waals surface area contributed by atoms with Gasteiger partial charge in [0, 0.05) is 24.6 Å². The first kappa shape index (κ1) is 20.5. The maximum Gasteiger partial charge on any atom is 0.242 e. The summed E-state index contributed by atoms with van der Waals surface area (Å²) in [6.45, 7) is 3.39. The van der Waals surface area contributed by atoms with Crippen molar-refractivity contribution in [1.29, 1.82) is 0 Å². The average molecular weight is 397 g/mol. The number of benzene rings is 2. The number of nitrogens with one attached hydrogen (secondary N) is 1. The maximum atomic E-state index is 12.6. The average Bonchev–Trinajstić information content (AvgIpc) is 3.20. The zero-order valence-corrected chi connectivity index (χ0v) is 17.2. The summed E-state index contributed by atoms with van der Waals surface area (Å²) < 4.78 is 0. The molecule has 148 valence electrons. The molecule has 1 unspecified atom stereocenters. The molecule has 1 saturated heterocycles. The van der Waals surface area contributed by atoms with Crippen LogP contribution in [0, 0.1) is 6.92 Å². The molecule has 1 fully saturated rings. The second-order valence-electron chi connectivity index (χ2n) is 7.24. The SMILES string of the molecule is Cc1ccc(CSCCNC(=O)C2CCCN2C(=O)Cc2ccccc2)cc1. The highest BCUT2D eigenvalue weighted by atomic mass is 32.2. The molecule has 1 N–H and O–H groups in total. The Morgan fingerprint density at radius 3 is 2.57 bits per heavy atom. The number of likely N-dealkylation sites (tertiary alicyclic amines) is 1. The topological polar surface area (TPSA) is 49.4 Å². The van der Waals surface area contributed by atoms with Crippen molar-refractivity contribution >= 4 is 23.6 Å². The van der Waals surface area contributed by atoms with Crippen LogP contribution >= 0.6 is 11.8 Å². The van der Waals surface area contributed by atoms with E-state index in [9.17, 15) is 9.59 Å². The zero-order valence-electron chi connectivity index (χ0n) is 16.4. The van der Waals surface area contributed by atoms with Gasteiger partial charge in [-0.15, -0.1) is 0 Å². The molecule has 0 radical (unpaired) electrons. The van der Waals surface area contributed by atoms with Gasteiger partial charge in [-0.25, -0.2) is 0 Å². The molecular formula is C23H28N2O2S. The van der Waals surface area contributed by atoms with Gasteiger partial charge in [0.05, 0.1) is 6.42 Å². The lowest BCUT2D eigenvalue weighted by atomic mass is 10.1. The van der Waals surface area contributed by atoms with Gasteiger partial charge in [0.1, 0.15) is 6.04 Å². The first-order valence-electron chi connectivity index (χ1n) is 9.88. The van der Waals surface area contributed by atoms with Crippen LogP contribution in [0.5, 0.6) is 0 Å². The molecule has 1 aliphatic rings. The highest BCUT2D eigenvalue weighted by molar-refractivity contribution is 7.98. The van der Waals surface area contributed by atoms with Gasteiger partial charge in [-0.2, -0.15) is 11.8 Å². The number of hydrogen-bond acceptors (Lipinski definition) is 3. The molecular weight excluding hydrogens is 368 g/mol. The number of carbonyl (C=O) groups is 2. The van der Waals surface area contributed by atoms with Crippen molar-refractivity contribution < 1.29 is 9.59 Å². The van der Waals surface area contributed by atoms with Gasteiger partial charge in [0.2, 0.25) is 11.8 Å². The quantitative estimate of drug-likeness (QED) is 0.694. The maximum absolute atomic E-state index is 12.6. The summed E-state index contributed by atoms with van der Waals surface area (Å²) in [7, 11) is 0. The van der Waals surface area contributed by atoms with Crippen molar-refractivity contribution in [2.45, 2.75) is 38.0 Å². The largest absolute Gasteiger partial charge is 0.353 e. The molecule has 1 atom stereocenters. The van der Waals surface area contributed by atoms with Crippen LogP contribution < -0.4 is 5.32 Å². The van der Waals surface area contributed by atoms with Crippen LogP contribution in [0.4, 0.5) is 0 Å². The lowest BCUT2D eigenvalue weighted by Gasteiger charge is -2.24. The molecule has 0 spiro atoms. The summed E-state index contributed by atoms with van der Waals surface area (Å²) in [5, 5.41) is 3.02. The molecule has 5 heteroatoms. The first-order valence-corrected chi connectivity index (χ1v) is 11.0. The molecule has 4 nitrogen and oxygen atoms in total. The fraction of sp³-hybridized carbons (Fsp3) is 0.391. The molecule has 2 aromatic rings. The van der Waals surface area contributed by atoms with E-state index in [0.29, 0.717) is 19.5 Å². The monoisotopic (exact) mass is 396 g/mol. The molecule has 3 rings (SSSR count). The second kappa shape index (κ2) is 10.3. The van der Waals surface area contributed by atoms with Gasteiger partial charge in [-0.3, -0.25) is 9.59 Å². The van der Waals surface area contributed by atoms with E-state index < -0.39 is 0 Å². The van der Waals surface area contributed by atoms with Crippen LogP contribution in [0.1, 0.15) is 29.5 Å². The van der Waals surface area contributed by atoms with Crippen LogP contribution in [0.3, 0.4) is 0 Å². The van der Waals surface area contributed by atoms with Gasteiger partial charge in [-0.05, 0) is 30.9 Å². The summed E-state index contributed by atoms with van der Waals surface area (Å²) in [6.07, 6.45) is 2.00. The van der Waals surface area contributed by atoms with Crippen LogP contribution in [0.2, 0.25) is 0 Å². The molecule has 1 aliphatic heterocycles. The Bertz CT molecular complexity index is 777. The van der Waals surface area contributed by atoms with Gasteiger partial charge < -0.3 is 10.2 Å². The fourth-order valence-electron chi connectivity index (χ4n) is 3.45. The van der Waals surface area contributed by atoms with E-state index in [-0.39, 0.29) is 17.9 Å². The Morgan fingerprint density at radius 2 is 1.82 bits per heavy atom. The van der Waals surface area contributed by atoms with E-state index in [1.54, 1.807) is 4.90 Å². The number of rotatable bonds is 8. The van der Waals surface area contributed by atoms with Crippen LogP contribution in [-0.4, -0.2) is 41.6 Å².